The summed E-state index contributed by atoms with van der Waals surface area (Å²) in [7, 11) is 4.05. The molecule has 0 radical (unpaired) electrons. The molecule has 0 fully saturated rings. The lowest BCUT2D eigenvalue weighted by Crippen LogP contribution is -2.26. The summed E-state index contributed by atoms with van der Waals surface area (Å²) < 4.78 is 1.58. The first-order valence-electron chi connectivity index (χ1n) is 10.0. The highest BCUT2D eigenvalue weighted by atomic mass is 16.1. The van der Waals surface area contributed by atoms with Crippen molar-refractivity contribution < 1.29 is 4.79 Å². The molecule has 0 atom stereocenters. The Morgan fingerprint density at radius 2 is 1.83 bits per heavy atom. The Labute approximate surface area is 171 Å². The summed E-state index contributed by atoms with van der Waals surface area (Å²) in [4.78, 5) is 30.8. The maximum atomic E-state index is 12.4. The van der Waals surface area contributed by atoms with Crippen LogP contribution in [-0.2, 0) is 17.8 Å². The van der Waals surface area contributed by atoms with Gasteiger partial charge in [-0.3, -0.25) is 14.2 Å². The summed E-state index contributed by atoms with van der Waals surface area (Å²) in [5.41, 5.74) is 3.09. The zero-order valence-corrected chi connectivity index (χ0v) is 17.1. The van der Waals surface area contributed by atoms with Crippen LogP contribution >= 0.6 is 0 Å². The van der Waals surface area contributed by atoms with Crippen molar-refractivity contribution in [2.75, 3.05) is 25.5 Å². The van der Waals surface area contributed by atoms with Gasteiger partial charge in [-0.25, -0.2) is 4.98 Å². The number of fused-ring (bicyclic) bond motifs is 1. The quantitative estimate of drug-likeness (QED) is 0.569. The average Bonchev–Trinajstić information content (AvgIpc) is 2.73. The number of anilines is 1. The molecule has 29 heavy (non-hydrogen) atoms. The molecule has 0 saturated heterocycles. The predicted octanol–water partition coefficient (Wildman–Crippen LogP) is 2.99. The minimum atomic E-state index is -0.0590. The lowest BCUT2D eigenvalue weighted by molar-refractivity contribution is -0.121. The number of carbonyl (C=O) groups is 1. The van der Waals surface area contributed by atoms with Crippen LogP contribution in [-0.4, -0.2) is 36.1 Å². The van der Waals surface area contributed by atoms with Gasteiger partial charge in [-0.15, -0.1) is 0 Å². The Morgan fingerprint density at radius 1 is 1.07 bits per heavy atom. The van der Waals surface area contributed by atoms with Crippen LogP contribution in [0.1, 0.15) is 24.8 Å². The highest BCUT2D eigenvalue weighted by molar-refractivity contribution is 5.77. The number of hydrogen-bond donors (Lipinski definition) is 1. The number of aryl methyl sites for hydroxylation is 2. The van der Waals surface area contributed by atoms with Crippen LogP contribution in [0, 0.1) is 0 Å². The topological polar surface area (TPSA) is 67.2 Å². The second-order valence-electron chi connectivity index (χ2n) is 7.38. The van der Waals surface area contributed by atoms with Crippen LogP contribution in [0.3, 0.4) is 0 Å². The monoisotopic (exact) mass is 392 g/mol. The SMILES string of the molecule is CN(C)c1ccc(CCCNC(=O)CCCn2cnc3ccccc3c2=O)cc1. The fraction of sp³-hybridized carbons (Fsp3) is 0.348. The van der Waals surface area contributed by atoms with Crippen molar-refractivity contribution in [1.29, 1.82) is 0 Å². The van der Waals surface area contributed by atoms with E-state index in [1.165, 1.54) is 11.3 Å². The summed E-state index contributed by atoms with van der Waals surface area (Å²) in [5, 5.41) is 3.57. The van der Waals surface area contributed by atoms with E-state index in [9.17, 15) is 9.59 Å². The van der Waals surface area contributed by atoms with Gasteiger partial charge >= 0.3 is 0 Å². The minimum Gasteiger partial charge on any atom is -0.378 e. The van der Waals surface area contributed by atoms with E-state index in [1.54, 1.807) is 17.0 Å². The standard InChI is InChI=1S/C23H28N4O2/c1-26(2)19-13-11-18(12-14-19)7-5-15-24-22(28)10-6-16-27-17-25-21-9-4-3-8-20(21)23(27)29/h3-4,8-9,11-14,17H,5-7,10,15-16H2,1-2H3,(H,24,28). The van der Waals surface area contributed by atoms with E-state index < -0.39 is 0 Å². The van der Waals surface area contributed by atoms with Gasteiger partial charge in [0.1, 0.15) is 0 Å². The molecule has 1 N–H and O–H groups in total. The third-order valence-corrected chi connectivity index (χ3v) is 4.95. The number of rotatable bonds is 9. The highest BCUT2D eigenvalue weighted by Crippen LogP contribution is 2.13. The van der Waals surface area contributed by atoms with Crippen LogP contribution in [0.25, 0.3) is 10.9 Å². The van der Waals surface area contributed by atoms with Crippen molar-refractivity contribution in [2.45, 2.75) is 32.2 Å². The molecule has 3 rings (SSSR count). The number of benzene rings is 2. The van der Waals surface area contributed by atoms with Gasteiger partial charge in [0.2, 0.25) is 5.91 Å². The Hall–Kier alpha value is -3.15. The average molecular weight is 393 g/mol. The normalized spacial score (nSPS) is 10.8. The van der Waals surface area contributed by atoms with E-state index >= 15 is 0 Å². The van der Waals surface area contributed by atoms with Gasteiger partial charge in [0.15, 0.2) is 0 Å². The lowest BCUT2D eigenvalue weighted by Gasteiger charge is -2.12. The number of hydrogen-bond acceptors (Lipinski definition) is 4. The zero-order chi connectivity index (χ0) is 20.6. The minimum absolute atomic E-state index is 0.0229. The molecule has 1 heterocycles. The third-order valence-electron chi connectivity index (χ3n) is 4.95. The van der Waals surface area contributed by atoms with Crippen LogP contribution in [0.15, 0.2) is 59.7 Å². The summed E-state index contributed by atoms with van der Waals surface area (Å²) in [6.45, 7) is 1.15. The van der Waals surface area contributed by atoms with E-state index in [1.807, 2.05) is 32.3 Å². The first-order chi connectivity index (χ1) is 14.0. The Morgan fingerprint density at radius 3 is 2.59 bits per heavy atom. The molecule has 0 spiro atoms. The lowest BCUT2D eigenvalue weighted by atomic mass is 10.1. The predicted molar refractivity (Wildman–Crippen MR) is 117 cm³/mol. The zero-order valence-electron chi connectivity index (χ0n) is 17.1. The number of aromatic nitrogens is 2. The van der Waals surface area contributed by atoms with Crippen LogP contribution in [0.2, 0.25) is 0 Å². The molecule has 0 saturated carbocycles. The molecular weight excluding hydrogens is 364 g/mol. The fourth-order valence-corrected chi connectivity index (χ4v) is 3.24. The smallest absolute Gasteiger partial charge is 0.261 e. The molecule has 0 unspecified atom stereocenters. The second-order valence-corrected chi connectivity index (χ2v) is 7.38. The van der Waals surface area contributed by atoms with Gasteiger partial charge in [0.05, 0.1) is 17.2 Å². The molecule has 152 valence electrons. The van der Waals surface area contributed by atoms with E-state index in [0.29, 0.717) is 36.8 Å². The van der Waals surface area contributed by atoms with Crippen LogP contribution in [0.5, 0.6) is 0 Å². The number of para-hydroxylation sites is 1. The molecule has 0 bridgehead atoms. The van der Waals surface area contributed by atoms with E-state index in [2.05, 4.69) is 39.5 Å². The molecule has 0 aliphatic heterocycles. The Kier molecular flexibility index (Phi) is 7.00. The van der Waals surface area contributed by atoms with E-state index in [-0.39, 0.29) is 11.5 Å². The van der Waals surface area contributed by atoms with Crippen molar-refractivity contribution in [3.63, 3.8) is 0 Å². The van der Waals surface area contributed by atoms with E-state index in [4.69, 9.17) is 0 Å². The van der Waals surface area contributed by atoms with Crippen molar-refractivity contribution in [3.8, 4) is 0 Å². The largest absolute Gasteiger partial charge is 0.378 e. The number of nitrogens with one attached hydrogen (secondary N) is 1. The Bertz CT molecular complexity index is 1010. The third kappa shape index (κ3) is 5.67. The van der Waals surface area contributed by atoms with E-state index in [0.717, 1.165) is 12.8 Å². The van der Waals surface area contributed by atoms with Crippen molar-refractivity contribution >= 4 is 22.5 Å². The van der Waals surface area contributed by atoms with Gasteiger partial charge in [-0.2, -0.15) is 0 Å². The van der Waals surface area contributed by atoms with Gasteiger partial charge < -0.3 is 10.2 Å². The molecule has 6 nitrogen and oxygen atoms in total. The van der Waals surface area contributed by atoms with Crippen molar-refractivity contribution in [3.05, 3.63) is 70.8 Å². The van der Waals surface area contributed by atoms with Gasteiger partial charge in [-0.05, 0) is 49.1 Å². The summed E-state index contributed by atoms with van der Waals surface area (Å²) in [6, 6.07) is 15.8. The number of nitrogens with zero attached hydrogens (tertiary/aromatic N) is 3. The first kappa shape index (κ1) is 20.6. The van der Waals surface area contributed by atoms with Crippen LogP contribution in [0.4, 0.5) is 5.69 Å². The summed E-state index contributed by atoms with van der Waals surface area (Å²) >= 11 is 0. The summed E-state index contributed by atoms with van der Waals surface area (Å²) in [5.74, 6) is 0.0229. The van der Waals surface area contributed by atoms with Gasteiger partial charge in [-0.1, -0.05) is 24.3 Å². The maximum Gasteiger partial charge on any atom is 0.261 e. The maximum absolute atomic E-state index is 12.4. The highest BCUT2D eigenvalue weighted by Gasteiger charge is 2.05. The molecule has 0 aliphatic rings. The van der Waals surface area contributed by atoms with Crippen molar-refractivity contribution in [2.24, 2.45) is 0 Å². The molecule has 1 amide bonds. The van der Waals surface area contributed by atoms with Gasteiger partial charge in [0, 0.05) is 39.3 Å². The Balaban J connectivity index is 1.37. The molecular formula is C23H28N4O2. The van der Waals surface area contributed by atoms with Gasteiger partial charge in [0.25, 0.3) is 5.56 Å². The van der Waals surface area contributed by atoms with Crippen LogP contribution < -0.4 is 15.8 Å². The fourth-order valence-electron chi connectivity index (χ4n) is 3.24. The second kappa shape index (κ2) is 9.87. The number of carbonyl (C=O) groups excluding carboxylic acids is 1. The molecule has 1 aromatic heterocycles. The molecule has 3 aromatic rings. The molecule has 2 aromatic carbocycles. The number of amides is 1. The van der Waals surface area contributed by atoms with Crippen molar-refractivity contribution in [1.82, 2.24) is 14.9 Å². The molecule has 6 heteroatoms. The molecule has 0 aliphatic carbocycles. The summed E-state index contributed by atoms with van der Waals surface area (Å²) in [6.07, 6.45) is 4.41. The first-order valence-corrected chi connectivity index (χ1v) is 10.0.